The fraction of sp³-hybridized carbons (Fsp3) is 0.118. The minimum absolute atomic E-state index is 1.03. The molecule has 0 spiro atoms. The molecule has 0 unspecified atom stereocenters. The van der Waals surface area contributed by atoms with Crippen LogP contribution in [-0.4, -0.2) is 12.0 Å². The second kappa shape index (κ2) is 5.47. The molecule has 20 heavy (non-hydrogen) atoms. The third kappa shape index (κ3) is 2.45. The van der Waals surface area contributed by atoms with Gasteiger partial charge < -0.3 is 4.90 Å². The Hall–Kier alpha value is -2.13. The molecular weight excluding hydrogens is 264 g/mol. The average Bonchev–Trinajstić information content (AvgIpc) is 2.94. The Kier molecular flexibility index (Phi) is 3.52. The van der Waals surface area contributed by atoms with Crippen molar-refractivity contribution in [2.75, 3.05) is 11.9 Å². The molecule has 0 aliphatic heterocycles. The van der Waals surface area contributed by atoms with Crippen LogP contribution in [0.25, 0.3) is 11.3 Å². The number of hydrogen-bond acceptors (Lipinski definition) is 3. The molecule has 1 aromatic carbocycles. The molecule has 0 radical (unpaired) electrons. The maximum Gasteiger partial charge on any atom is 0.0733 e. The highest BCUT2D eigenvalue weighted by Crippen LogP contribution is 2.30. The van der Waals surface area contributed by atoms with Gasteiger partial charge in [0.1, 0.15) is 0 Å². The van der Waals surface area contributed by atoms with E-state index in [9.17, 15) is 0 Å². The number of pyridine rings is 1. The molecule has 2 heterocycles. The van der Waals surface area contributed by atoms with Gasteiger partial charge in [0.15, 0.2) is 0 Å². The summed E-state index contributed by atoms with van der Waals surface area (Å²) in [6.45, 7) is 2.13. The molecule has 0 bridgehead atoms. The van der Waals surface area contributed by atoms with E-state index in [0.29, 0.717) is 0 Å². The van der Waals surface area contributed by atoms with Gasteiger partial charge in [0.25, 0.3) is 0 Å². The average molecular weight is 280 g/mol. The molecule has 3 aromatic rings. The Morgan fingerprint density at radius 2 is 1.80 bits per heavy atom. The normalized spacial score (nSPS) is 10.5. The first-order valence-electron chi connectivity index (χ1n) is 6.55. The first-order valence-corrected chi connectivity index (χ1v) is 7.43. The fourth-order valence-corrected chi connectivity index (χ4v) is 2.93. The van der Waals surface area contributed by atoms with Crippen LogP contribution in [0.3, 0.4) is 0 Å². The largest absolute Gasteiger partial charge is 0.345 e. The van der Waals surface area contributed by atoms with Crippen LogP contribution in [-0.2, 0) is 0 Å². The van der Waals surface area contributed by atoms with Crippen LogP contribution in [0.1, 0.15) is 4.88 Å². The second-order valence-corrected chi connectivity index (χ2v) is 5.80. The molecule has 2 nitrogen and oxygen atoms in total. The highest BCUT2D eigenvalue weighted by molar-refractivity contribution is 7.10. The molecule has 0 aliphatic carbocycles. The second-order valence-electron chi connectivity index (χ2n) is 4.68. The van der Waals surface area contributed by atoms with E-state index in [-0.39, 0.29) is 0 Å². The number of thiophene rings is 1. The van der Waals surface area contributed by atoms with Crippen molar-refractivity contribution in [3.8, 4) is 11.3 Å². The van der Waals surface area contributed by atoms with Crippen molar-refractivity contribution in [2.45, 2.75) is 6.92 Å². The lowest BCUT2D eigenvalue weighted by molar-refractivity contribution is 1.19. The highest BCUT2D eigenvalue weighted by Gasteiger charge is 2.08. The minimum Gasteiger partial charge on any atom is -0.345 e. The Morgan fingerprint density at radius 1 is 1.00 bits per heavy atom. The van der Waals surface area contributed by atoms with Crippen molar-refractivity contribution < 1.29 is 0 Å². The Bertz CT molecular complexity index is 704. The standard InChI is InChI=1S/C17H16N2S/c1-13-16(9-11-20-13)17-12-15(8-10-18-17)19(2)14-6-4-3-5-7-14/h3-12H,1-2H3. The van der Waals surface area contributed by atoms with E-state index in [2.05, 4.69) is 65.6 Å². The summed E-state index contributed by atoms with van der Waals surface area (Å²) < 4.78 is 0. The van der Waals surface area contributed by atoms with E-state index < -0.39 is 0 Å². The first-order chi connectivity index (χ1) is 9.75. The van der Waals surface area contributed by atoms with Crippen molar-refractivity contribution in [3.05, 3.63) is 65.0 Å². The van der Waals surface area contributed by atoms with Crippen molar-refractivity contribution in [1.29, 1.82) is 0 Å². The molecule has 2 aromatic heterocycles. The van der Waals surface area contributed by atoms with Gasteiger partial charge in [-0.25, -0.2) is 0 Å². The Balaban J connectivity index is 1.98. The molecule has 0 fully saturated rings. The summed E-state index contributed by atoms with van der Waals surface area (Å²) in [7, 11) is 2.08. The summed E-state index contributed by atoms with van der Waals surface area (Å²) in [5.41, 5.74) is 4.57. The molecule has 0 atom stereocenters. The van der Waals surface area contributed by atoms with Crippen LogP contribution in [0.2, 0.25) is 0 Å². The summed E-state index contributed by atoms with van der Waals surface area (Å²) in [4.78, 5) is 7.98. The summed E-state index contributed by atoms with van der Waals surface area (Å²) in [5, 5.41) is 2.11. The SMILES string of the molecule is Cc1sccc1-c1cc(N(C)c2ccccc2)ccn1. The van der Waals surface area contributed by atoms with E-state index in [1.807, 2.05) is 18.3 Å². The van der Waals surface area contributed by atoms with Gasteiger partial charge in [-0.05, 0) is 42.6 Å². The van der Waals surface area contributed by atoms with Crippen molar-refractivity contribution in [2.24, 2.45) is 0 Å². The quantitative estimate of drug-likeness (QED) is 0.679. The van der Waals surface area contributed by atoms with Crippen LogP contribution < -0.4 is 4.90 Å². The highest BCUT2D eigenvalue weighted by atomic mass is 32.1. The van der Waals surface area contributed by atoms with E-state index in [0.717, 1.165) is 11.4 Å². The molecule has 100 valence electrons. The molecule has 0 amide bonds. The van der Waals surface area contributed by atoms with Gasteiger partial charge in [-0.15, -0.1) is 11.3 Å². The third-order valence-electron chi connectivity index (χ3n) is 3.41. The maximum absolute atomic E-state index is 4.50. The van der Waals surface area contributed by atoms with Gasteiger partial charge in [-0.1, -0.05) is 18.2 Å². The molecule has 0 saturated carbocycles. The zero-order valence-electron chi connectivity index (χ0n) is 11.6. The number of para-hydroxylation sites is 1. The number of rotatable bonds is 3. The molecule has 0 saturated heterocycles. The van der Waals surface area contributed by atoms with Gasteiger partial charge in [-0.3, -0.25) is 4.98 Å². The summed E-state index contributed by atoms with van der Waals surface area (Å²) in [6, 6.07) is 16.7. The Labute approximate surface area is 123 Å². The summed E-state index contributed by atoms with van der Waals surface area (Å²) in [6.07, 6.45) is 1.88. The van der Waals surface area contributed by atoms with Crippen LogP contribution in [0.15, 0.2) is 60.1 Å². The van der Waals surface area contributed by atoms with Crippen molar-refractivity contribution in [1.82, 2.24) is 4.98 Å². The number of benzene rings is 1. The summed E-state index contributed by atoms with van der Waals surface area (Å²) >= 11 is 1.76. The number of hydrogen-bond donors (Lipinski definition) is 0. The minimum atomic E-state index is 1.03. The number of anilines is 2. The van der Waals surface area contributed by atoms with E-state index in [4.69, 9.17) is 0 Å². The van der Waals surface area contributed by atoms with Gasteiger partial charge >= 0.3 is 0 Å². The number of aryl methyl sites for hydroxylation is 1. The van der Waals surface area contributed by atoms with Crippen LogP contribution in [0.4, 0.5) is 11.4 Å². The zero-order valence-corrected chi connectivity index (χ0v) is 12.4. The Morgan fingerprint density at radius 3 is 2.50 bits per heavy atom. The van der Waals surface area contributed by atoms with Gasteiger partial charge in [0.05, 0.1) is 5.69 Å². The molecule has 0 aliphatic rings. The lowest BCUT2D eigenvalue weighted by Gasteiger charge is -2.19. The predicted molar refractivity (Wildman–Crippen MR) is 86.8 cm³/mol. The molecule has 0 N–H and O–H groups in total. The fourth-order valence-electron chi connectivity index (χ4n) is 2.23. The predicted octanol–water partition coefficient (Wildman–Crippen LogP) is 4.89. The van der Waals surface area contributed by atoms with Gasteiger partial charge in [0.2, 0.25) is 0 Å². The van der Waals surface area contributed by atoms with Gasteiger partial charge in [0, 0.05) is 35.1 Å². The van der Waals surface area contributed by atoms with Gasteiger partial charge in [-0.2, -0.15) is 0 Å². The van der Waals surface area contributed by atoms with E-state index >= 15 is 0 Å². The lowest BCUT2D eigenvalue weighted by atomic mass is 10.1. The zero-order chi connectivity index (χ0) is 13.9. The maximum atomic E-state index is 4.50. The van der Waals surface area contributed by atoms with Crippen molar-refractivity contribution in [3.63, 3.8) is 0 Å². The van der Waals surface area contributed by atoms with E-state index in [1.54, 1.807) is 11.3 Å². The van der Waals surface area contributed by atoms with Crippen LogP contribution in [0, 0.1) is 6.92 Å². The van der Waals surface area contributed by atoms with E-state index in [1.165, 1.54) is 16.1 Å². The number of nitrogens with zero attached hydrogens (tertiary/aromatic N) is 2. The number of aromatic nitrogens is 1. The van der Waals surface area contributed by atoms with Crippen LogP contribution >= 0.6 is 11.3 Å². The third-order valence-corrected chi connectivity index (χ3v) is 4.25. The lowest BCUT2D eigenvalue weighted by Crippen LogP contribution is -2.09. The summed E-state index contributed by atoms with van der Waals surface area (Å²) in [5.74, 6) is 0. The first kappa shape index (κ1) is 12.9. The topological polar surface area (TPSA) is 16.1 Å². The molecule has 3 rings (SSSR count). The molecular formula is C17H16N2S. The van der Waals surface area contributed by atoms with Crippen LogP contribution in [0.5, 0.6) is 0 Å². The smallest absolute Gasteiger partial charge is 0.0733 e. The van der Waals surface area contributed by atoms with Crippen molar-refractivity contribution >= 4 is 22.7 Å². The molecule has 3 heteroatoms. The monoisotopic (exact) mass is 280 g/mol.